The summed E-state index contributed by atoms with van der Waals surface area (Å²) in [6.45, 7) is 13.7. The number of nitrogens with zero attached hydrogens (tertiary/aromatic N) is 7. The molecule has 4 aliphatic rings. The molecule has 0 radical (unpaired) electrons. The summed E-state index contributed by atoms with van der Waals surface area (Å²) in [6.07, 6.45) is -1.51. The largest absolute Gasteiger partial charge is 0.462 e. The van der Waals surface area contributed by atoms with Gasteiger partial charge in [0.25, 0.3) is 0 Å². The third-order valence-electron chi connectivity index (χ3n) is 15.3. The van der Waals surface area contributed by atoms with Gasteiger partial charge >= 0.3 is 12.2 Å². The van der Waals surface area contributed by atoms with Crippen LogP contribution in [0.15, 0.2) is 41.9 Å². The van der Waals surface area contributed by atoms with Gasteiger partial charge in [-0.05, 0) is 93.7 Å². The number of ether oxygens (including phenoxy) is 2. The molecule has 2 unspecified atom stereocenters. The van der Waals surface area contributed by atoms with Crippen molar-refractivity contribution in [2.24, 2.45) is 5.41 Å². The Kier molecular flexibility index (Phi) is 17.2. The van der Waals surface area contributed by atoms with Crippen molar-refractivity contribution in [1.82, 2.24) is 45.7 Å². The van der Waals surface area contributed by atoms with E-state index in [1.54, 1.807) is 16.8 Å². The maximum Gasteiger partial charge on any atom is 0.418 e. The van der Waals surface area contributed by atoms with Crippen molar-refractivity contribution >= 4 is 63.2 Å². The highest BCUT2D eigenvalue weighted by molar-refractivity contribution is 7.13. The number of nitrogens with two attached hydrogens (primary N) is 1. The molecule has 4 saturated heterocycles. The Labute approximate surface area is 460 Å². The summed E-state index contributed by atoms with van der Waals surface area (Å²) in [4.78, 5) is 65.6. The molecule has 420 valence electrons. The Balaban J connectivity index is 0.786. The smallest absolute Gasteiger partial charge is 0.418 e. The fraction of sp³-hybridized carbons (Fsp3) is 0.545. The number of hydrogen-bond donors (Lipinski definition) is 5. The van der Waals surface area contributed by atoms with E-state index in [-0.39, 0.29) is 90.1 Å². The number of nitrogens with one attached hydrogen (secondary N) is 3. The van der Waals surface area contributed by atoms with Crippen LogP contribution in [-0.4, -0.2) is 141 Å². The molecule has 17 nitrogen and oxygen atoms in total. The molecular weight excluding hydrogens is 1050 g/mol. The lowest BCUT2D eigenvalue weighted by atomic mass is 9.85. The first kappa shape index (κ1) is 56.9. The lowest BCUT2D eigenvalue weighted by molar-refractivity contribution is -0.144. The minimum atomic E-state index is -4.89. The first-order valence-corrected chi connectivity index (χ1v) is 27.9. The van der Waals surface area contributed by atoms with E-state index in [0.29, 0.717) is 38.5 Å². The van der Waals surface area contributed by atoms with Crippen LogP contribution >= 0.6 is 22.9 Å². The highest BCUT2D eigenvalue weighted by atomic mass is 35.5. The lowest BCUT2D eigenvalue weighted by Crippen LogP contribution is -2.58. The summed E-state index contributed by atoms with van der Waals surface area (Å²) in [5, 5.41) is 20.1. The second-order valence-electron chi connectivity index (χ2n) is 22.1. The van der Waals surface area contributed by atoms with Gasteiger partial charge in [0.2, 0.25) is 17.7 Å². The molecule has 2 aromatic carbocycles. The first-order valence-electron chi connectivity index (χ1n) is 26.6. The van der Waals surface area contributed by atoms with Crippen molar-refractivity contribution in [1.29, 1.82) is 0 Å². The number of carbonyl (C=O) groups excluding carboxylic acids is 3. The van der Waals surface area contributed by atoms with Gasteiger partial charge in [-0.2, -0.15) is 23.1 Å². The number of aromatic nitrogens is 4. The van der Waals surface area contributed by atoms with Gasteiger partial charge in [-0.1, -0.05) is 56.6 Å². The van der Waals surface area contributed by atoms with Crippen molar-refractivity contribution in [3.63, 3.8) is 0 Å². The van der Waals surface area contributed by atoms with E-state index in [9.17, 15) is 32.7 Å². The van der Waals surface area contributed by atoms with E-state index in [1.807, 2.05) is 63.8 Å². The molecule has 7 heterocycles. The molecule has 7 atom stereocenters. The number of likely N-dealkylation sites (tertiary alicyclic amines) is 2. The van der Waals surface area contributed by atoms with Crippen LogP contribution in [0.2, 0.25) is 5.02 Å². The average molecular weight is 1120 g/mol. The van der Waals surface area contributed by atoms with Crippen molar-refractivity contribution < 1.29 is 46.5 Å². The Morgan fingerprint density at radius 3 is 2.41 bits per heavy atom. The minimum Gasteiger partial charge on any atom is -0.462 e. The van der Waals surface area contributed by atoms with Gasteiger partial charge < -0.3 is 46.1 Å². The second-order valence-corrected chi connectivity index (χ2v) is 23.4. The van der Waals surface area contributed by atoms with Crippen molar-refractivity contribution in [3.8, 4) is 27.7 Å². The van der Waals surface area contributed by atoms with Crippen molar-refractivity contribution in [2.75, 3.05) is 63.2 Å². The number of aliphatic hydroxyl groups is 1. The van der Waals surface area contributed by atoms with Crippen LogP contribution in [0, 0.1) is 25.1 Å². The zero-order valence-corrected chi connectivity index (χ0v) is 46.3. The number of hydrogen-bond acceptors (Lipinski definition) is 15. The first-order chi connectivity index (χ1) is 37.0. The number of halogens is 5. The van der Waals surface area contributed by atoms with Crippen LogP contribution in [0.5, 0.6) is 6.01 Å². The second kappa shape index (κ2) is 23.5. The Bertz CT molecular complexity index is 3000. The van der Waals surface area contributed by atoms with E-state index in [1.165, 1.54) is 17.9 Å². The quantitative estimate of drug-likeness (QED) is 0.0419. The van der Waals surface area contributed by atoms with Crippen molar-refractivity contribution in [2.45, 2.75) is 135 Å². The van der Waals surface area contributed by atoms with Gasteiger partial charge in [0.15, 0.2) is 5.82 Å². The fourth-order valence-corrected chi connectivity index (χ4v) is 12.4. The summed E-state index contributed by atoms with van der Waals surface area (Å²) in [7, 11) is 0. The average Bonchev–Trinajstić information content (AvgIpc) is 4.31. The van der Waals surface area contributed by atoms with Gasteiger partial charge in [0.1, 0.15) is 35.8 Å². The third-order valence-corrected chi connectivity index (χ3v) is 16.6. The molecule has 5 aromatic rings. The third kappa shape index (κ3) is 12.6. The molecule has 0 spiro atoms. The summed E-state index contributed by atoms with van der Waals surface area (Å²) >= 11 is 8.24. The van der Waals surface area contributed by atoms with Crippen LogP contribution in [-0.2, 0) is 25.3 Å². The monoisotopic (exact) mass is 1120 g/mol. The molecule has 3 aromatic heterocycles. The van der Waals surface area contributed by atoms with Gasteiger partial charge in [0, 0.05) is 69.1 Å². The number of carbonyl (C=O) groups is 3. The summed E-state index contributed by atoms with van der Waals surface area (Å²) < 4.78 is 72.6. The van der Waals surface area contributed by atoms with Gasteiger partial charge in [-0.3, -0.25) is 19.3 Å². The number of fused-ring (bicyclic) bond motifs is 3. The number of rotatable bonds is 18. The lowest BCUT2D eigenvalue weighted by Gasteiger charge is -2.35. The Hall–Kier alpha value is -5.78. The number of β-amino-alcohol motifs (C(OH)–C–C–N with tert-alkyl or cyclic N) is 1. The van der Waals surface area contributed by atoms with E-state index < -0.39 is 70.1 Å². The maximum atomic E-state index is 17.0. The Morgan fingerprint density at radius 2 is 1.73 bits per heavy atom. The van der Waals surface area contributed by atoms with E-state index in [0.717, 1.165) is 60.0 Å². The maximum absolute atomic E-state index is 17.0. The number of aryl methyl sites for hydroxylation is 2. The topological polar surface area (TPSA) is 213 Å². The van der Waals surface area contributed by atoms with Crippen LogP contribution < -0.4 is 31.3 Å². The summed E-state index contributed by atoms with van der Waals surface area (Å²) in [6, 6.07) is 8.24. The number of aliphatic hydroxyl groups excluding tert-OH is 1. The van der Waals surface area contributed by atoms with Gasteiger partial charge in [-0.15, -0.1) is 11.3 Å². The molecule has 78 heavy (non-hydrogen) atoms. The number of pyridine rings is 1. The number of thiazole rings is 1. The molecule has 4 fully saturated rings. The zero-order chi connectivity index (χ0) is 55.8. The molecule has 6 N–H and O–H groups in total. The van der Waals surface area contributed by atoms with E-state index in [2.05, 4.69) is 35.8 Å². The standard InChI is InChI=1S/C55H68ClF4N11O6S/c1-29-21-41(61)65-47(44(29)55(58,59)60)43-39(56)23-38-46(45(43)57)67-53(68-50(38)70-24-34-14-15-35(25-70)64-34)77-27-36-9-7-17-69(36)18-8-19-76-20-16-42(73)66-49(54(4,5)6)52(75)71-26-37(72)22-40(71)51(74)63-30(2)32-10-12-33(13-11-32)48-31(3)62-28-78-48/h10-13,21,23,28,30,34-37,40,49,64,72H,7-9,14-20,22,24-27H2,1-6H3,(H2,61,65)(H,63,74)(H,66,73)/t30-,34?,35?,36-,37+,40-,49+/m0/s1. The zero-order valence-electron chi connectivity index (χ0n) is 44.7. The molecule has 9 rings (SSSR count). The van der Waals surface area contributed by atoms with E-state index in [4.69, 9.17) is 31.8 Å². The predicted molar refractivity (Wildman–Crippen MR) is 291 cm³/mol. The Morgan fingerprint density at radius 1 is 1.00 bits per heavy atom. The highest BCUT2D eigenvalue weighted by Crippen LogP contribution is 2.45. The highest BCUT2D eigenvalue weighted by Gasteiger charge is 2.45. The summed E-state index contributed by atoms with van der Waals surface area (Å²) in [5.41, 5.74) is 6.91. The molecule has 0 aliphatic carbocycles. The number of alkyl halides is 3. The normalized spacial score (nSPS) is 21.6. The number of amides is 3. The number of piperazine rings is 1. The number of benzene rings is 2. The van der Waals surface area contributed by atoms with Crippen LogP contribution in [0.25, 0.3) is 32.6 Å². The van der Waals surface area contributed by atoms with Crippen LogP contribution in [0.4, 0.5) is 29.2 Å². The van der Waals surface area contributed by atoms with Gasteiger partial charge in [0.05, 0.1) is 56.7 Å². The summed E-state index contributed by atoms with van der Waals surface area (Å²) in [5.74, 6) is -2.19. The van der Waals surface area contributed by atoms with Crippen molar-refractivity contribution in [3.05, 3.63) is 75.1 Å². The van der Waals surface area contributed by atoms with Crippen LogP contribution in [0.3, 0.4) is 0 Å². The molecule has 23 heteroatoms. The predicted octanol–water partition coefficient (Wildman–Crippen LogP) is 7.78. The SMILES string of the molecule is Cc1cc(N)nc(-c2c(Cl)cc3c(N4CC5CCC(C4)N5)nc(OC[C@@H]4CCCN4CCCOCCC(=O)N[C@H](C(=O)N4C[C@H](O)C[C@H]4C(=O)N[C@@H](C)c4ccc(-c5scnc5C)cc4)C(C)(C)C)nc3c2F)c1C(F)(F)F. The molecule has 2 bridgehead atoms. The van der Waals surface area contributed by atoms with Gasteiger partial charge in [-0.25, -0.2) is 14.4 Å². The number of anilines is 2. The van der Waals surface area contributed by atoms with E-state index >= 15 is 4.39 Å². The molecule has 4 aliphatic heterocycles. The molecular formula is C55H68ClF4N11O6S. The molecule has 3 amide bonds. The minimum absolute atomic E-state index is 0.0121. The van der Waals surface area contributed by atoms with Crippen LogP contribution in [0.1, 0.15) is 101 Å². The molecule has 0 saturated carbocycles. The number of nitrogen functional groups attached to an aromatic ring is 1. The fourth-order valence-electron chi connectivity index (χ4n) is 11.3.